The summed E-state index contributed by atoms with van der Waals surface area (Å²) in [5, 5.41) is 12.9. The lowest BCUT2D eigenvalue weighted by molar-refractivity contribution is -0.127. The van der Waals surface area contributed by atoms with Gasteiger partial charge in [0.25, 0.3) is 0 Å². The minimum atomic E-state index is -0.321. The van der Waals surface area contributed by atoms with E-state index in [1.165, 1.54) is 25.7 Å². The van der Waals surface area contributed by atoms with Crippen molar-refractivity contribution in [3.05, 3.63) is 0 Å². The third-order valence-electron chi connectivity index (χ3n) is 4.28. The Labute approximate surface area is 104 Å². The SMILES string of the molecule is O=C(NC1CCCCC1O)C1CCCCCC1. The molecule has 0 aromatic rings. The Morgan fingerprint density at radius 2 is 1.47 bits per heavy atom. The third-order valence-corrected chi connectivity index (χ3v) is 4.28. The van der Waals surface area contributed by atoms with Crippen molar-refractivity contribution in [3.8, 4) is 0 Å². The fourth-order valence-electron chi connectivity index (χ4n) is 3.12. The second kappa shape index (κ2) is 6.39. The number of carbonyl (C=O) groups excluding carboxylic acids is 1. The lowest BCUT2D eigenvalue weighted by Crippen LogP contribution is -2.47. The van der Waals surface area contributed by atoms with Crippen molar-refractivity contribution in [1.82, 2.24) is 5.32 Å². The van der Waals surface area contributed by atoms with Crippen LogP contribution in [0.2, 0.25) is 0 Å². The predicted octanol–water partition coefficient (Wildman–Crippen LogP) is 2.38. The van der Waals surface area contributed by atoms with E-state index in [9.17, 15) is 9.90 Å². The highest BCUT2D eigenvalue weighted by Gasteiger charge is 2.27. The highest BCUT2D eigenvalue weighted by Crippen LogP contribution is 2.24. The molecule has 2 N–H and O–H groups in total. The zero-order valence-electron chi connectivity index (χ0n) is 10.7. The van der Waals surface area contributed by atoms with Crippen LogP contribution >= 0.6 is 0 Å². The van der Waals surface area contributed by atoms with E-state index in [2.05, 4.69) is 5.32 Å². The zero-order chi connectivity index (χ0) is 12.1. The van der Waals surface area contributed by atoms with Gasteiger partial charge < -0.3 is 10.4 Å². The summed E-state index contributed by atoms with van der Waals surface area (Å²) in [5.41, 5.74) is 0. The first-order valence-electron chi connectivity index (χ1n) is 7.26. The van der Waals surface area contributed by atoms with Gasteiger partial charge in [0, 0.05) is 5.92 Å². The predicted molar refractivity (Wildman–Crippen MR) is 67.6 cm³/mol. The van der Waals surface area contributed by atoms with Gasteiger partial charge in [-0.05, 0) is 25.7 Å². The van der Waals surface area contributed by atoms with Gasteiger partial charge in [-0.3, -0.25) is 4.79 Å². The largest absolute Gasteiger partial charge is 0.391 e. The minimum Gasteiger partial charge on any atom is -0.391 e. The van der Waals surface area contributed by atoms with Crippen molar-refractivity contribution >= 4 is 5.91 Å². The van der Waals surface area contributed by atoms with Crippen LogP contribution in [0.15, 0.2) is 0 Å². The summed E-state index contributed by atoms with van der Waals surface area (Å²) < 4.78 is 0. The van der Waals surface area contributed by atoms with Crippen LogP contribution in [0, 0.1) is 5.92 Å². The Kier molecular flexibility index (Phi) is 4.84. The maximum atomic E-state index is 12.1. The minimum absolute atomic E-state index is 0.0134. The number of aliphatic hydroxyl groups is 1. The average molecular weight is 239 g/mol. The molecule has 98 valence electrons. The van der Waals surface area contributed by atoms with E-state index < -0.39 is 0 Å². The van der Waals surface area contributed by atoms with Crippen molar-refractivity contribution in [2.45, 2.75) is 76.4 Å². The molecule has 3 nitrogen and oxygen atoms in total. The summed E-state index contributed by atoms with van der Waals surface area (Å²) in [7, 11) is 0. The van der Waals surface area contributed by atoms with Crippen LogP contribution in [0.5, 0.6) is 0 Å². The second-order valence-corrected chi connectivity index (χ2v) is 5.66. The Morgan fingerprint density at radius 1 is 0.882 bits per heavy atom. The van der Waals surface area contributed by atoms with Crippen molar-refractivity contribution in [2.24, 2.45) is 5.92 Å². The quantitative estimate of drug-likeness (QED) is 0.727. The number of hydrogen-bond acceptors (Lipinski definition) is 2. The molecule has 2 atom stereocenters. The van der Waals surface area contributed by atoms with Gasteiger partial charge in [-0.2, -0.15) is 0 Å². The Bertz CT molecular complexity index is 247. The fourth-order valence-corrected chi connectivity index (χ4v) is 3.12. The molecule has 2 rings (SSSR count). The zero-order valence-corrected chi connectivity index (χ0v) is 10.7. The lowest BCUT2D eigenvalue weighted by Gasteiger charge is -2.29. The molecule has 0 aliphatic heterocycles. The van der Waals surface area contributed by atoms with Crippen LogP contribution in [0.4, 0.5) is 0 Å². The maximum absolute atomic E-state index is 12.1. The third kappa shape index (κ3) is 3.70. The molecule has 2 aliphatic carbocycles. The first-order chi connectivity index (χ1) is 8.27. The van der Waals surface area contributed by atoms with Gasteiger partial charge in [0.2, 0.25) is 5.91 Å². The molecule has 0 heterocycles. The van der Waals surface area contributed by atoms with Crippen molar-refractivity contribution in [1.29, 1.82) is 0 Å². The average Bonchev–Trinajstić information content (AvgIpc) is 2.61. The van der Waals surface area contributed by atoms with E-state index in [1.807, 2.05) is 0 Å². The molecule has 2 aliphatic rings. The molecular formula is C14H25NO2. The van der Waals surface area contributed by atoms with Crippen molar-refractivity contribution in [2.75, 3.05) is 0 Å². The monoisotopic (exact) mass is 239 g/mol. The fraction of sp³-hybridized carbons (Fsp3) is 0.929. The lowest BCUT2D eigenvalue weighted by atomic mass is 9.91. The maximum Gasteiger partial charge on any atom is 0.223 e. The van der Waals surface area contributed by atoms with E-state index in [0.717, 1.165) is 38.5 Å². The normalized spacial score (nSPS) is 31.8. The van der Waals surface area contributed by atoms with Gasteiger partial charge in [0.15, 0.2) is 0 Å². The van der Waals surface area contributed by atoms with Gasteiger partial charge in [-0.1, -0.05) is 38.5 Å². The molecule has 3 heteroatoms. The van der Waals surface area contributed by atoms with Crippen molar-refractivity contribution in [3.63, 3.8) is 0 Å². The number of nitrogens with one attached hydrogen (secondary N) is 1. The van der Waals surface area contributed by atoms with Gasteiger partial charge in [-0.15, -0.1) is 0 Å². The van der Waals surface area contributed by atoms with Crippen LogP contribution in [-0.4, -0.2) is 23.2 Å². The summed E-state index contributed by atoms with van der Waals surface area (Å²) in [5.74, 6) is 0.393. The van der Waals surface area contributed by atoms with Crippen LogP contribution in [0.1, 0.15) is 64.2 Å². The number of carbonyl (C=O) groups is 1. The Morgan fingerprint density at radius 3 is 2.12 bits per heavy atom. The Hall–Kier alpha value is -0.570. The molecule has 17 heavy (non-hydrogen) atoms. The molecule has 2 fully saturated rings. The molecule has 2 saturated carbocycles. The molecule has 0 aromatic carbocycles. The summed E-state index contributed by atoms with van der Waals surface area (Å²) in [6.07, 6.45) is 10.7. The van der Waals surface area contributed by atoms with E-state index in [-0.39, 0.29) is 24.0 Å². The summed E-state index contributed by atoms with van der Waals surface area (Å²) in [6.45, 7) is 0. The van der Waals surface area contributed by atoms with Gasteiger partial charge in [-0.25, -0.2) is 0 Å². The van der Waals surface area contributed by atoms with E-state index in [4.69, 9.17) is 0 Å². The van der Waals surface area contributed by atoms with Gasteiger partial charge >= 0.3 is 0 Å². The molecule has 0 saturated heterocycles. The van der Waals surface area contributed by atoms with E-state index >= 15 is 0 Å². The highest BCUT2D eigenvalue weighted by molar-refractivity contribution is 5.79. The topological polar surface area (TPSA) is 49.3 Å². The molecule has 1 amide bonds. The number of rotatable bonds is 2. The first kappa shape index (κ1) is 12.9. The molecule has 2 unspecified atom stereocenters. The second-order valence-electron chi connectivity index (χ2n) is 5.66. The molecule has 0 spiro atoms. The van der Waals surface area contributed by atoms with Crippen LogP contribution < -0.4 is 5.32 Å². The van der Waals surface area contributed by atoms with Gasteiger partial charge in [0.1, 0.15) is 0 Å². The smallest absolute Gasteiger partial charge is 0.223 e. The van der Waals surface area contributed by atoms with E-state index in [0.29, 0.717) is 0 Å². The van der Waals surface area contributed by atoms with Gasteiger partial charge in [0.05, 0.1) is 12.1 Å². The highest BCUT2D eigenvalue weighted by atomic mass is 16.3. The molecular weight excluding hydrogens is 214 g/mol. The summed E-state index contributed by atoms with van der Waals surface area (Å²) in [6, 6.07) is 0.0134. The first-order valence-corrected chi connectivity index (χ1v) is 7.26. The summed E-state index contributed by atoms with van der Waals surface area (Å²) >= 11 is 0. The number of hydrogen-bond donors (Lipinski definition) is 2. The molecule has 0 aromatic heterocycles. The van der Waals surface area contributed by atoms with Crippen molar-refractivity contribution < 1.29 is 9.90 Å². The van der Waals surface area contributed by atoms with E-state index in [1.54, 1.807) is 0 Å². The molecule has 0 radical (unpaired) electrons. The van der Waals surface area contributed by atoms with Crippen LogP contribution in [0.3, 0.4) is 0 Å². The molecule has 0 bridgehead atoms. The number of amides is 1. The number of aliphatic hydroxyl groups excluding tert-OH is 1. The standard InChI is InChI=1S/C14H25NO2/c16-13-10-6-5-9-12(13)15-14(17)11-7-3-1-2-4-8-11/h11-13,16H,1-10H2,(H,15,17). The van der Waals surface area contributed by atoms with Crippen LogP contribution in [-0.2, 0) is 4.79 Å². The Balaban J connectivity index is 1.82. The summed E-state index contributed by atoms with van der Waals surface area (Å²) in [4.78, 5) is 12.1. The van der Waals surface area contributed by atoms with Crippen LogP contribution in [0.25, 0.3) is 0 Å².